The largest absolute Gasteiger partial charge is 0.348 e. The molecule has 0 spiro atoms. The van der Waals surface area contributed by atoms with Crippen molar-refractivity contribution in [1.82, 2.24) is 5.32 Å². The summed E-state index contributed by atoms with van der Waals surface area (Å²) in [5, 5.41) is 8.77. The molecule has 0 bridgehead atoms. The maximum atomic E-state index is 12.5. The highest BCUT2D eigenvalue weighted by Gasteiger charge is 2.29. The molecule has 0 radical (unpaired) electrons. The fraction of sp³-hybridized carbons (Fsp3) is 0.200. The van der Waals surface area contributed by atoms with Crippen LogP contribution in [0.1, 0.15) is 28.8 Å². The molecular formula is C20H18N2O2S. The summed E-state index contributed by atoms with van der Waals surface area (Å²) in [6.07, 6.45) is 1.96. The highest BCUT2D eigenvalue weighted by molar-refractivity contribution is 7.17. The Morgan fingerprint density at radius 1 is 1.08 bits per heavy atom. The predicted octanol–water partition coefficient (Wildman–Crippen LogP) is 4.18. The van der Waals surface area contributed by atoms with Crippen LogP contribution in [0.15, 0.2) is 53.9 Å². The molecule has 3 aromatic rings. The van der Waals surface area contributed by atoms with E-state index in [1.54, 1.807) is 11.3 Å². The number of amides is 2. The number of benzene rings is 2. The van der Waals surface area contributed by atoms with Crippen molar-refractivity contribution in [2.45, 2.75) is 19.4 Å². The second kappa shape index (κ2) is 6.69. The molecule has 1 aliphatic rings. The third-order valence-corrected chi connectivity index (χ3v) is 5.28. The van der Waals surface area contributed by atoms with Crippen molar-refractivity contribution in [3.8, 4) is 0 Å². The van der Waals surface area contributed by atoms with E-state index in [0.717, 1.165) is 34.2 Å². The summed E-state index contributed by atoms with van der Waals surface area (Å²) in [6, 6.07) is 15.5. The lowest BCUT2D eigenvalue weighted by Crippen LogP contribution is -2.22. The maximum Gasteiger partial charge on any atom is 0.253 e. The third kappa shape index (κ3) is 3.56. The Kier molecular flexibility index (Phi) is 4.24. The van der Waals surface area contributed by atoms with Gasteiger partial charge in [-0.1, -0.05) is 30.3 Å². The van der Waals surface area contributed by atoms with E-state index in [1.807, 2.05) is 53.9 Å². The molecule has 1 saturated carbocycles. The number of rotatable bonds is 5. The Morgan fingerprint density at radius 3 is 2.76 bits per heavy atom. The van der Waals surface area contributed by atoms with E-state index in [-0.39, 0.29) is 17.7 Å². The van der Waals surface area contributed by atoms with E-state index in [2.05, 4.69) is 10.6 Å². The van der Waals surface area contributed by atoms with Crippen LogP contribution in [0, 0.1) is 5.92 Å². The number of thiophene rings is 1. The van der Waals surface area contributed by atoms with Crippen LogP contribution in [0.2, 0.25) is 0 Å². The van der Waals surface area contributed by atoms with E-state index < -0.39 is 0 Å². The van der Waals surface area contributed by atoms with Gasteiger partial charge in [0.1, 0.15) is 0 Å². The van der Waals surface area contributed by atoms with Crippen molar-refractivity contribution < 1.29 is 9.59 Å². The SMILES string of the molecule is O=C(NCc1cccc(NC(=O)C2CC2)c1)c1csc2ccccc12. The first-order valence-corrected chi connectivity index (χ1v) is 9.23. The number of anilines is 1. The van der Waals surface area contributed by atoms with E-state index in [1.165, 1.54) is 0 Å². The molecule has 0 atom stereocenters. The highest BCUT2D eigenvalue weighted by atomic mass is 32.1. The lowest BCUT2D eigenvalue weighted by molar-refractivity contribution is -0.117. The summed E-state index contributed by atoms with van der Waals surface area (Å²) in [5.74, 6) is 0.186. The van der Waals surface area contributed by atoms with Gasteiger partial charge >= 0.3 is 0 Å². The van der Waals surface area contributed by atoms with Gasteiger partial charge < -0.3 is 10.6 Å². The number of carbonyl (C=O) groups is 2. The molecule has 4 rings (SSSR count). The molecule has 0 saturated heterocycles. The van der Waals surface area contributed by atoms with Gasteiger partial charge in [-0.3, -0.25) is 9.59 Å². The highest BCUT2D eigenvalue weighted by Crippen LogP contribution is 2.30. The average Bonchev–Trinajstić information content (AvgIpc) is 3.39. The smallest absolute Gasteiger partial charge is 0.253 e. The minimum atomic E-state index is -0.0788. The summed E-state index contributed by atoms with van der Waals surface area (Å²) in [6.45, 7) is 0.427. The van der Waals surface area contributed by atoms with E-state index in [0.29, 0.717) is 12.1 Å². The van der Waals surface area contributed by atoms with Crippen molar-refractivity contribution in [3.63, 3.8) is 0 Å². The molecule has 1 aromatic heterocycles. The standard InChI is InChI=1S/C20H18N2O2S/c23-19(14-8-9-14)22-15-5-3-4-13(10-15)11-21-20(24)17-12-25-18-7-2-1-6-16(17)18/h1-7,10,12,14H,8-9,11H2,(H,21,24)(H,22,23). The van der Waals surface area contributed by atoms with Gasteiger partial charge in [-0.05, 0) is 36.6 Å². The van der Waals surface area contributed by atoms with Gasteiger partial charge in [0.15, 0.2) is 0 Å². The first-order valence-electron chi connectivity index (χ1n) is 8.35. The number of hydrogen-bond acceptors (Lipinski definition) is 3. The van der Waals surface area contributed by atoms with Crippen LogP contribution in [0.25, 0.3) is 10.1 Å². The van der Waals surface area contributed by atoms with Crippen LogP contribution < -0.4 is 10.6 Å². The van der Waals surface area contributed by atoms with Gasteiger partial charge in [0, 0.05) is 33.6 Å². The monoisotopic (exact) mass is 350 g/mol. The van der Waals surface area contributed by atoms with Gasteiger partial charge in [-0.15, -0.1) is 11.3 Å². The maximum absolute atomic E-state index is 12.5. The van der Waals surface area contributed by atoms with Crippen LogP contribution in [0.3, 0.4) is 0 Å². The third-order valence-electron chi connectivity index (χ3n) is 4.32. The fourth-order valence-electron chi connectivity index (χ4n) is 2.78. The van der Waals surface area contributed by atoms with Crippen LogP contribution in [-0.4, -0.2) is 11.8 Å². The Bertz CT molecular complexity index is 944. The summed E-state index contributed by atoms with van der Waals surface area (Å²) < 4.78 is 1.11. The van der Waals surface area contributed by atoms with Gasteiger partial charge in [-0.25, -0.2) is 0 Å². The molecule has 5 heteroatoms. The summed E-state index contributed by atoms with van der Waals surface area (Å²) >= 11 is 1.57. The fourth-order valence-corrected chi connectivity index (χ4v) is 3.72. The molecule has 1 heterocycles. The molecule has 2 amide bonds. The Hall–Kier alpha value is -2.66. The second-order valence-electron chi connectivity index (χ2n) is 6.29. The Morgan fingerprint density at radius 2 is 1.92 bits per heavy atom. The topological polar surface area (TPSA) is 58.2 Å². The van der Waals surface area contributed by atoms with E-state index in [9.17, 15) is 9.59 Å². The zero-order valence-electron chi connectivity index (χ0n) is 13.6. The van der Waals surface area contributed by atoms with Crippen LogP contribution >= 0.6 is 11.3 Å². The molecule has 126 valence electrons. The van der Waals surface area contributed by atoms with Crippen molar-refractivity contribution in [3.05, 3.63) is 65.0 Å². The molecule has 1 aliphatic carbocycles. The molecule has 4 nitrogen and oxygen atoms in total. The molecule has 25 heavy (non-hydrogen) atoms. The number of hydrogen-bond donors (Lipinski definition) is 2. The second-order valence-corrected chi connectivity index (χ2v) is 7.20. The number of fused-ring (bicyclic) bond motifs is 1. The quantitative estimate of drug-likeness (QED) is 0.725. The van der Waals surface area contributed by atoms with Crippen molar-refractivity contribution >= 4 is 38.9 Å². The van der Waals surface area contributed by atoms with Crippen molar-refractivity contribution in [1.29, 1.82) is 0 Å². The molecule has 0 aliphatic heterocycles. The van der Waals surface area contributed by atoms with Gasteiger partial charge in [0.05, 0.1) is 5.56 Å². The lowest BCUT2D eigenvalue weighted by Gasteiger charge is -2.08. The van der Waals surface area contributed by atoms with Crippen molar-refractivity contribution in [2.24, 2.45) is 5.92 Å². The number of nitrogens with one attached hydrogen (secondary N) is 2. The molecule has 1 fully saturated rings. The normalized spacial score (nSPS) is 13.6. The van der Waals surface area contributed by atoms with Crippen LogP contribution in [0.4, 0.5) is 5.69 Å². The number of carbonyl (C=O) groups excluding carboxylic acids is 2. The Labute approximate surface area is 149 Å². The van der Waals surface area contributed by atoms with E-state index in [4.69, 9.17) is 0 Å². The summed E-state index contributed by atoms with van der Waals surface area (Å²) in [7, 11) is 0. The summed E-state index contributed by atoms with van der Waals surface area (Å²) in [5.41, 5.74) is 2.45. The molecular weight excluding hydrogens is 332 g/mol. The lowest BCUT2D eigenvalue weighted by atomic mass is 10.1. The Balaban J connectivity index is 1.42. The van der Waals surface area contributed by atoms with E-state index >= 15 is 0 Å². The summed E-state index contributed by atoms with van der Waals surface area (Å²) in [4.78, 5) is 24.3. The zero-order chi connectivity index (χ0) is 17.2. The average molecular weight is 350 g/mol. The van der Waals surface area contributed by atoms with Gasteiger partial charge in [-0.2, -0.15) is 0 Å². The zero-order valence-corrected chi connectivity index (χ0v) is 14.4. The van der Waals surface area contributed by atoms with Crippen LogP contribution in [-0.2, 0) is 11.3 Å². The molecule has 2 aromatic carbocycles. The molecule has 0 unspecified atom stereocenters. The van der Waals surface area contributed by atoms with Gasteiger partial charge in [0.25, 0.3) is 5.91 Å². The first kappa shape index (κ1) is 15.8. The van der Waals surface area contributed by atoms with Crippen LogP contribution in [0.5, 0.6) is 0 Å². The molecule has 2 N–H and O–H groups in total. The first-order chi connectivity index (χ1) is 12.2. The predicted molar refractivity (Wildman–Crippen MR) is 101 cm³/mol. The van der Waals surface area contributed by atoms with Crippen molar-refractivity contribution in [2.75, 3.05) is 5.32 Å². The van der Waals surface area contributed by atoms with Gasteiger partial charge in [0.2, 0.25) is 5.91 Å². The minimum absolute atomic E-state index is 0.0788. The minimum Gasteiger partial charge on any atom is -0.348 e.